The molecule has 30 heavy (non-hydrogen) atoms. The second kappa shape index (κ2) is 8.06. The van der Waals surface area contributed by atoms with Gasteiger partial charge in [0.25, 0.3) is 0 Å². The molecule has 3 aromatic heterocycles. The molecule has 1 atom stereocenters. The van der Waals surface area contributed by atoms with Gasteiger partial charge in [0.05, 0.1) is 23.5 Å². The summed E-state index contributed by atoms with van der Waals surface area (Å²) in [6.45, 7) is 2.34. The molecular weight excluding hydrogens is 376 g/mol. The summed E-state index contributed by atoms with van der Waals surface area (Å²) in [6, 6.07) is 14.0. The highest BCUT2D eigenvalue weighted by atomic mass is 16.5. The molecule has 0 spiro atoms. The number of ether oxygens (including phenoxy) is 1. The lowest BCUT2D eigenvalue weighted by atomic mass is 10.0. The molecule has 4 heterocycles. The number of hydrogen-bond acceptors (Lipinski definition) is 6. The first-order valence-corrected chi connectivity index (χ1v) is 9.93. The Balaban J connectivity index is 1.44. The maximum absolute atomic E-state index is 5.88. The Kier molecular flexibility index (Phi) is 4.96. The molecule has 4 N–H and O–H groups in total. The van der Waals surface area contributed by atoms with Crippen LogP contribution in [0.3, 0.4) is 0 Å². The van der Waals surface area contributed by atoms with E-state index in [-0.39, 0.29) is 6.10 Å². The molecule has 1 unspecified atom stereocenters. The zero-order chi connectivity index (χ0) is 20.3. The molecule has 1 aromatic carbocycles. The standard InChI is InChI=1S/C23H22N6O/c24-22-13-17(7-9-26-22)16-3-5-18-19(28-29-20(18)12-16)6-4-15-2-1-8-27-23(15)21-14-25-10-11-30-21/h1-9,12-13,21,25H,10-11,14H2,(H2,24,26)(H,28,29). The van der Waals surface area contributed by atoms with Crippen molar-refractivity contribution >= 4 is 28.9 Å². The second-order valence-corrected chi connectivity index (χ2v) is 7.21. The van der Waals surface area contributed by atoms with Crippen molar-refractivity contribution < 1.29 is 4.74 Å². The molecule has 1 saturated heterocycles. The highest BCUT2D eigenvalue weighted by Gasteiger charge is 2.19. The molecule has 150 valence electrons. The molecule has 1 aliphatic rings. The van der Waals surface area contributed by atoms with Gasteiger partial charge in [-0.1, -0.05) is 18.2 Å². The van der Waals surface area contributed by atoms with Gasteiger partial charge in [0.2, 0.25) is 0 Å². The molecule has 0 radical (unpaired) electrons. The van der Waals surface area contributed by atoms with Gasteiger partial charge in [0.1, 0.15) is 11.9 Å². The van der Waals surface area contributed by atoms with E-state index < -0.39 is 0 Å². The number of morpholine rings is 1. The summed E-state index contributed by atoms with van der Waals surface area (Å²) in [5.41, 5.74) is 11.7. The molecule has 0 saturated carbocycles. The smallest absolute Gasteiger partial charge is 0.123 e. The number of nitrogens with one attached hydrogen (secondary N) is 2. The Morgan fingerprint density at radius 1 is 1.03 bits per heavy atom. The first-order valence-electron chi connectivity index (χ1n) is 9.93. The molecule has 5 rings (SSSR count). The molecule has 1 aliphatic heterocycles. The van der Waals surface area contributed by atoms with Gasteiger partial charge < -0.3 is 15.8 Å². The number of nitrogens with two attached hydrogens (primary N) is 1. The van der Waals surface area contributed by atoms with Crippen molar-refractivity contribution in [2.45, 2.75) is 6.10 Å². The first-order chi connectivity index (χ1) is 14.8. The zero-order valence-electron chi connectivity index (χ0n) is 16.4. The fraction of sp³-hybridized carbons (Fsp3) is 0.174. The lowest BCUT2D eigenvalue weighted by molar-refractivity contribution is 0.0249. The van der Waals surface area contributed by atoms with Crippen LogP contribution >= 0.6 is 0 Å². The van der Waals surface area contributed by atoms with Gasteiger partial charge in [0, 0.05) is 30.9 Å². The van der Waals surface area contributed by atoms with Crippen LogP contribution in [0.4, 0.5) is 5.82 Å². The fourth-order valence-electron chi connectivity index (χ4n) is 3.72. The average molecular weight is 398 g/mol. The minimum absolute atomic E-state index is 0.0362. The van der Waals surface area contributed by atoms with Crippen molar-refractivity contribution in [2.24, 2.45) is 0 Å². The predicted octanol–water partition coefficient (Wildman–Crippen LogP) is 3.43. The third-order valence-corrected chi connectivity index (χ3v) is 5.23. The van der Waals surface area contributed by atoms with Crippen molar-refractivity contribution in [1.82, 2.24) is 25.5 Å². The van der Waals surface area contributed by atoms with Crippen LogP contribution in [0.25, 0.3) is 34.2 Å². The highest BCUT2D eigenvalue weighted by Crippen LogP contribution is 2.27. The van der Waals surface area contributed by atoms with E-state index in [1.807, 2.05) is 36.5 Å². The Labute approximate surface area is 174 Å². The third-order valence-electron chi connectivity index (χ3n) is 5.23. The van der Waals surface area contributed by atoms with Crippen LogP contribution in [0.2, 0.25) is 0 Å². The molecule has 7 nitrogen and oxygen atoms in total. The lowest BCUT2D eigenvalue weighted by Crippen LogP contribution is -2.34. The molecule has 4 aromatic rings. The topological polar surface area (TPSA) is 102 Å². The Hall–Kier alpha value is -3.55. The van der Waals surface area contributed by atoms with Crippen LogP contribution in [-0.4, -0.2) is 39.9 Å². The average Bonchev–Trinajstić information content (AvgIpc) is 3.21. The number of fused-ring (bicyclic) bond motifs is 1. The summed E-state index contributed by atoms with van der Waals surface area (Å²) in [6.07, 6.45) is 7.55. The SMILES string of the molecule is Nc1cc(-c2ccc3c(C=Cc4cccnc4C4CNCCO4)n[nH]c3c2)ccn1. The van der Waals surface area contributed by atoms with Gasteiger partial charge >= 0.3 is 0 Å². The molecule has 7 heteroatoms. The number of pyridine rings is 2. The summed E-state index contributed by atoms with van der Waals surface area (Å²) >= 11 is 0. The van der Waals surface area contributed by atoms with E-state index in [0.29, 0.717) is 12.4 Å². The fourth-order valence-corrected chi connectivity index (χ4v) is 3.72. The third kappa shape index (κ3) is 3.68. The summed E-state index contributed by atoms with van der Waals surface area (Å²) < 4.78 is 5.88. The maximum atomic E-state index is 5.88. The molecule has 1 fully saturated rings. The van der Waals surface area contributed by atoms with Gasteiger partial charge in [-0.15, -0.1) is 0 Å². The summed E-state index contributed by atoms with van der Waals surface area (Å²) in [5.74, 6) is 0.505. The van der Waals surface area contributed by atoms with Crippen molar-refractivity contribution in [3.05, 3.63) is 71.8 Å². The molecule has 0 aliphatic carbocycles. The molecule has 0 bridgehead atoms. The molecular formula is C23H22N6O. The van der Waals surface area contributed by atoms with Crippen LogP contribution in [0.1, 0.15) is 23.1 Å². The number of hydrogen-bond donors (Lipinski definition) is 3. The number of nitrogen functional groups attached to an aromatic ring is 1. The number of H-pyrrole nitrogens is 1. The Morgan fingerprint density at radius 2 is 1.97 bits per heavy atom. The van der Waals surface area contributed by atoms with Gasteiger partial charge in [-0.2, -0.15) is 5.10 Å². The van der Waals surface area contributed by atoms with Crippen LogP contribution < -0.4 is 11.1 Å². The first kappa shape index (κ1) is 18.5. The van der Waals surface area contributed by atoms with E-state index in [2.05, 4.69) is 49.7 Å². The minimum atomic E-state index is -0.0362. The van der Waals surface area contributed by atoms with Crippen LogP contribution in [-0.2, 0) is 4.74 Å². The Bertz CT molecular complexity index is 1210. The van der Waals surface area contributed by atoms with E-state index >= 15 is 0 Å². The highest BCUT2D eigenvalue weighted by molar-refractivity contribution is 5.92. The van der Waals surface area contributed by atoms with Crippen LogP contribution in [0.15, 0.2) is 54.9 Å². The van der Waals surface area contributed by atoms with Crippen LogP contribution in [0.5, 0.6) is 0 Å². The number of benzene rings is 1. The van der Waals surface area contributed by atoms with Gasteiger partial charge in [0.15, 0.2) is 0 Å². The number of aromatic nitrogens is 4. The maximum Gasteiger partial charge on any atom is 0.123 e. The van der Waals surface area contributed by atoms with E-state index in [1.54, 1.807) is 6.20 Å². The van der Waals surface area contributed by atoms with Gasteiger partial charge in [-0.3, -0.25) is 10.1 Å². The minimum Gasteiger partial charge on any atom is -0.384 e. The van der Waals surface area contributed by atoms with Crippen molar-refractivity contribution in [3.8, 4) is 11.1 Å². The van der Waals surface area contributed by atoms with E-state index in [0.717, 1.165) is 52.1 Å². The lowest BCUT2D eigenvalue weighted by Gasteiger charge is -2.24. The van der Waals surface area contributed by atoms with E-state index in [1.165, 1.54) is 0 Å². The van der Waals surface area contributed by atoms with E-state index in [4.69, 9.17) is 10.5 Å². The van der Waals surface area contributed by atoms with Crippen LogP contribution in [0, 0.1) is 0 Å². The number of nitrogens with zero attached hydrogens (tertiary/aromatic N) is 3. The summed E-state index contributed by atoms with van der Waals surface area (Å²) in [5, 5.41) is 12.0. The van der Waals surface area contributed by atoms with E-state index in [9.17, 15) is 0 Å². The van der Waals surface area contributed by atoms with Crippen molar-refractivity contribution in [3.63, 3.8) is 0 Å². The van der Waals surface area contributed by atoms with Crippen molar-refractivity contribution in [2.75, 3.05) is 25.4 Å². The zero-order valence-corrected chi connectivity index (χ0v) is 16.4. The quantitative estimate of drug-likeness (QED) is 0.487. The number of aromatic amines is 1. The van der Waals surface area contributed by atoms with Gasteiger partial charge in [-0.25, -0.2) is 4.98 Å². The summed E-state index contributed by atoms with van der Waals surface area (Å²) in [4.78, 5) is 8.61. The largest absolute Gasteiger partial charge is 0.384 e. The number of anilines is 1. The predicted molar refractivity (Wildman–Crippen MR) is 118 cm³/mol. The number of rotatable bonds is 4. The normalized spacial score (nSPS) is 17.0. The monoisotopic (exact) mass is 398 g/mol. The Morgan fingerprint density at radius 3 is 2.83 bits per heavy atom. The second-order valence-electron chi connectivity index (χ2n) is 7.21. The van der Waals surface area contributed by atoms with Crippen molar-refractivity contribution in [1.29, 1.82) is 0 Å². The molecule has 0 amide bonds. The van der Waals surface area contributed by atoms with Gasteiger partial charge in [-0.05, 0) is 53.1 Å². The summed E-state index contributed by atoms with van der Waals surface area (Å²) in [7, 11) is 0.